The Balaban J connectivity index is 0.00000162. The quantitative estimate of drug-likeness (QED) is 0.860. The van der Waals surface area contributed by atoms with E-state index in [1.807, 2.05) is 11.9 Å². The number of carbonyl (C=O) groups excluding carboxylic acids is 1. The zero-order valence-corrected chi connectivity index (χ0v) is 12.3. The molecule has 2 unspecified atom stereocenters. The lowest BCUT2D eigenvalue weighted by Gasteiger charge is -2.30. The zero-order valence-electron chi connectivity index (χ0n) is 11.4. The third kappa shape index (κ3) is 4.13. The Morgan fingerprint density at radius 3 is 2.44 bits per heavy atom. The second-order valence-electron chi connectivity index (χ2n) is 5.99. The van der Waals surface area contributed by atoms with Gasteiger partial charge in [-0.05, 0) is 38.0 Å². The van der Waals surface area contributed by atoms with Crippen molar-refractivity contribution >= 4 is 18.3 Å². The van der Waals surface area contributed by atoms with Crippen LogP contribution in [0.4, 0.5) is 0 Å². The van der Waals surface area contributed by atoms with Gasteiger partial charge in [0.05, 0.1) is 0 Å². The van der Waals surface area contributed by atoms with E-state index in [1.165, 1.54) is 25.7 Å². The van der Waals surface area contributed by atoms with Crippen LogP contribution < -0.4 is 5.73 Å². The van der Waals surface area contributed by atoms with Crippen molar-refractivity contribution in [3.05, 3.63) is 0 Å². The van der Waals surface area contributed by atoms with Crippen LogP contribution in [0.2, 0.25) is 0 Å². The minimum atomic E-state index is 0. The molecule has 106 valence electrons. The van der Waals surface area contributed by atoms with Crippen LogP contribution in [-0.2, 0) is 4.79 Å². The number of nitrogens with two attached hydrogens (primary N) is 1. The van der Waals surface area contributed by atoms with Gasteiger partial charge in [0.2, 0.25) is 5.91 Å². The lowest BCUT2D eigenvalue weighted by molar-refractivity contribution is -0.135. The highest BCUT2D eigenvalue weighted by Gasteiger charge is 2.28. The summed E-state index contributed by atoms with van der Waals surface area (Å²) in [5.41, 5.74) is 5.96. The average Bonchev–Trinajstić information content (AvgIpc) is 2.80. The smallest absolute Gasteiger partial charge is 0.225 e. The Bertz CT molecular complexity index is 267. The van der Waals surface area contributed by atoms with E-state index in [0.29, 0.717) is 5.91 Å². The molecule has 0 saturated heterocycles. The van der Waals surface area contributed by atoms with Gasteiger partial charge >= 0.3 is 0 Å². The summed E-state index contributed by atoms with van der Waals surface area (Å²) in [7, 11) is 1.97. The van der Waals surface area contributed by atoms with E-state index < -0.39 is 0 Å². The summed E-state index contributed by atoms with van der Waals surface area (Å²) in [5.74, 6) is 1.29. The van der Waals surface area contributed by atoms with Gasteiger partial charge in [-0.15, -0.1) is 12.4 Å². The summed E-state index contributed by atoms with van der Waals surface area (Å²) in [6.07, 6.45) is 9.46. The summed E-state index contributed by atoms with van der Waals surface area (Å²) < 4.78 is 0. The van der Waals surface area contributed by atoms with Crippen molar-refractivity contribution < 1.29 is 4.79 Å². The predicted octanol–water partition coefficient (Wildman–Crippen LogP) is 2.57. The number of carbonyl (C=O) groups is 1. The van der Waals surface area contributed by atoms with E-state index in [-0.39, 0.29) is 24.4 Å². The van der Waals surface area contributed by atoms with E-state index in [1.54, 1.807) is 0 Å². The van der Waals surface area contributed by atoms with E-state index in [9.17, 15) is 4.79 Å². The Morgan fingerprint density at radius 2 is 1.83 bits per heavy atom. The lowest BCUT2D eigenvalue weighted by Crippen LogP contribution is -2.40. The normalized spacial score (nSPS) is 28.8. The topological polar surface area (TPSA) is 46.3 Å². The molecule has 0 spiro atoms. The molecule has 1 amide bonds. The molecule has 2 aliphatic rings. The molecule has 2 aliphatic carbocycles. The third-order valence-electron chi connectivity index (χ3n) is 4.45. The highest BCUT2D eigenvalue weighted by molar-refractivity contribution is 5.85. The van der Waals surface area contributed by atoms with Gasteiger partial charge in [-0.25, -0.2) is 0 Å². The third-order valence-corrected chi connectivity index (χ3v) is 4.45. The van der Waals surface area contributed by atoms with Crippen molar-refractivity contribution in [3.63, 3.8) is 0 Å². The van der Waals surface area contributed by atoms with Gasteiger partial charge in [0.1, 0.15) is 0 Å². The van der Waals surface area contributed by atoms with Gasteiger partial charge in [-0.1, -0.05) is 19.3 Å². The van der Waals surface area contributed by atoms with Crippen molar-refractivity contribution in [2.75, 3.05) is 13.6 Å². The number of nitrogens with zero attached hydrogens (tertiary/aromatic N) is 1. The molecule has 0 aromatic carbocycles. The Kier molecular flexibility index (Phi) is 6.44. The standard InChI is InChI=1S/C14H26N2O.ClH/c1-16(10-11-5-2-3-6-11)14(17)12-7-4-8-13(15)9-12;/h11-13H,2-10,15H2,1H3;1H. The van der Waals surface area contributed by atoms with Crippen LogP contribution in [0.25, 0.3) is 0 Å². The van der Waals surface area contributed by atoms with Crippen molar-refractivity contribution in [2.24, 2.45) is 17.6 Å². The molecule has 0 heterocycles. The fourth-order valence-corrected chi connectivity index (χ4v) is 3.43. The van der Waals surface area contributed by atoms with E-state index in [4.69, 9.17) is 5.73 Å². The highest BCUT2D eigenvalue weighted by atomic mass is 35.5. The molecule has 4 heteroatoms. The number of halogens is 1. The summed E-state index contributed by atoms with van der Waals surface area (Å²) in [6.45, 7) is 0.963. The van der Waals surface area contributed by atoms with Crippen molar-refractivity contribution in [1.29, 1.82) is 0 Å². The minimum Gasteiger partial charge on any atom is -0.345 e. The molecule has 2 fully saturated rings. The van der Waals surface area contributed by atoms with Crippen LogP contribution in [-0.4, -0.2) is 30.4 Å². The molecule has 2 rings (SSSR count). The molecule has 2 atom stereocenters. The lowest BCUT2D eigenvalue weighted by atomic mass is 9.85. The first-order valence-corrected chi connectivity index (χ1v) is 7.17. The molecule has 0 aliphatic heterocycles. The Hall–Kier alpha value is -0.280. The van der Waals surface area contributed by atoms with Gasteiger partial charge < -0.3 is 10.6 Å². The van der Waals surface area contributed by atoms with E-state index >= 15 is 0 Å². The molecular weight excluding hydrogens is 248 g/mol. The first kappa shape index (κ1) is 15.8. The number of hydrogen-bond acceptors (Lipinski definition) is 2. The maximum atomic E-state index is 12.3. The summed E-state index contributed by atoms with van der Waals surface area (Å²) in [6, 6.07) is 0.248. The number of amides is 1. The molecular formula is C14H27ClN2O. The van der Waals surface area contributed by atoms with Crippen LogP contribution in [0.3, 0.4) is 0 Å². The van der Waals surface area contributed by atoms with Crippen LogP contribution >= 0.6 is 12.4 Å². The molecule has 0 aromatic rings. The maximum absolute atomic E-state index is 12.3. The second kappa shape index (κ2) is 7.34. The fourth-order valence-electron chi connectivity index (χ4n) is 3.43. The van der Waals surface area contributed by atoms with E-state index in [0.717, 1.165) is 38.1 Å². The first-order valence-electron chi connectivity index (χ1n) is 7.17. The average molecular weight is 275 g/mol. The number of hydrogen-bond donors (Lipinski definition) is 1. The summed E-state index contributed by atoms with van der Waals surface area (Å²) in [4.78, 5) is 14.3. The zero-order chi connectivity index (χ0) is 12.3. The molecule has 2 saturated carbocycles. The van der Waals surface area contributed by atoms with E-state index in [2.05, 4.69) is 0 Å². The first-order chi connectivity index (χ1) is 8.16. The summed E-state index contributed by atoms with van der Waals surface area (Å²) in [5, 5.41) is 0. The molecule has 18 heavy (non-hydrogen) atoms. The molecule has 0 aromatic heterocycles. The van der Waals surface area contributed by atoms with Crippen LogP contribution in [0, 0.1) is 11.8 Å². The summed E-state index contributed by atoms with van der Waals surface area (Å²) >= 11 is 0. The predicted molar refractivity (Wildman–Crippen MR) is 76.8 cm³/mol. The van der Waals surface area contributed by atoms with Gasteiger partial charge in [-0.3, -0.25) is 4.79 Å². The van der Waals surface area contributed by atoms with Crippen molar-refractivity contribution in [2.45, 2.75) is 57.4 Å². The van der Waals surface area contributed by atoms with Crippen LogP contribution in [0.1, 0.15) is 51.4 Å². The van der Waals surface area contributed by atoms with Gasteiger partial charge in [0.25, 0.3) is 0 Å². The molecule has 3 nitrogen and oxygen atoms in total. The van der Waals surface area contributed by atoms with Crippen molar-refractivity contribution in [3.8, 4) is 0 Å². The minimum absolute atomic E-state index is 0. The molecule has 0 radical (unpaired) electrons. The molecule has 2 N–H and O–H groups in total. The van der Waals surface area contributed by atoms with Gasteiger partial charge in [-0.2, -0.15) is 0 Å². The monoisotopic (exact) mass is 274 g/mol. The van der Waals surface area contributed by atoms with Crippen molar-refractivity contribution in [1.82, 2.24) is 4.90 Å². The Labute approximate surface area is 117 Å². The number of rotatable bonds is 3. The van der Waals surface area contributed by atoms with Gasteiger partial charge in [0, 0.05) is 25.6 Å². The highest BCUT2D eigenvalue weighted by Crippen LogP contribution is 2.28. The largest absolute Gasteiger partial charge is 0.345 e. The van der Waals surface area contributed by atoms with Gasteiger partial charge in [0.15, 0.2) is 0 Å². The maximum Gasteiger partial charge on any atom is 0.225 e. The Morgan fingerprint density at radius 1 is 1.17 bits per heavy atom. The van der Waals surface area contributed by atoms with Crippen LogP contribution in [0.5, 0.6) is 0 Å². The fraction of sp³-hybridized carbons (Fsp3) is 0.929. The van der Waals surface area contributed by atoms with Crippen LogP contribution in [0.15, 0.2) is 0 Å². The SMILES string of the molecule is CN(CC1CCCC1)C(=O)C1CCCC(N)C1.Cl. The second-order valence-corrected chi connectivity index (χ2v) is 5.99. The molecule has 0 bridgehead atoms.